The van der Waals surface area contributed by atoms with Crippen LogP contribution in [0.1, 0.15) is 103 Å². The molecular weight excluding hydrogens is 284 g/mol. The molecule has 0 bridgehead atoms. The molecule has 0 spiro atoms. The van der Waals surface area contributed by atoms with Gasteiger partial charge in [-0.15, -0.1) is 0 Å². The lowest BCUT2D eigenvalue weighted by Crippen LogP contribution is -2.26. The van der Waals surface area contributed by atoms with Gasteiger partial charge in [-0.05, 0) is 38.5 Å². The van der Waals surface area contributed by atoms with Gasteiger partial charge in [0.25, 0.3) is 0 Å². The maximum atomic E-state index is 12.2. The lowest BCUT2D eigenvalue weighted by atomic mass is 9.92. The Balaban J connectivity index is 2.32. The smallest absolute Gasteiger partial charge is 0.164 e. The Hall–Kier alpha value is -0.630. The molecule has 2 heteroatoms. The van der Waals surface area contributed by atoms with E-state index in [9.17, 15) is 9.90 Å². The minimum atomic E-state index is -0.722. The van der Waals surface area contributed by atoms with E-state index >= 15 is 0 Å². The van der Waals surface area contributed by atoms with Crippen molar-refractivity contribution in [3.05, 3.63) is 12.2 Å². The summed E-state index contributed by atoms with van der Waals surface area (Å²) < 4.78 is 0. The average molecular weight is 323 g/mol. The number of hydrogen-bond acceptors (Lipinski definition) is 2. The number of aliphatic hydroxyl groups excluding tert-OH is 1. The van der Waals surface area contributed by atoms with Crippen LogP contribution in [-0.2, 0) is 4.79 Å². The number of carbonyl (C=O) groups excluding carboxylic acids is 1. The molecule has 2 unspecified atom stereocenters. The van der Waals surface area contributed by atoms with E-state index < -0.39 is 6.10 Å². The Bertz CT molecular complexity index is 322. The molecule has 0 saturated heterocycles. The number of aliphatic hydroxyl groups is 1. The fourth-order valence-electron chi connectivity index (χ4n) is 3.40. The zero-order chi connectivity index (χ0) is 16.8. The topological polar surface area (TPSA) is 37.3 Å². The van der Waals surface area contributed by atoms with E-state index in [1.165, 1.54) is 64.2 Å². The first kappa shape index (κ1) is 20.4. The highest BCUT2D eigenvalue weighted by Gasteiger charge is 2.20. The van der Waals surface area contributed by atoms with Crippen molar-refractivity contribution in [3.63, 3.8) is 0 Å². The first-order chi connectivity index (χ1) is 11.2. The molecule has 0 aliphatic heterocycles. The van der Waals surface area contributed by atoms with E-state index in [4.69, 9.17) is 0 Å². The monoisotopic (exact) mass is 322 g/mol. The molecule has 0 heterocycles. The average Bonchev–Trinajstić information content (AvgIpc) is 2.55. The Morgan fingerprint density at radius 1 is 0.739 bits per heavy atom. The number of rotatable bonds is 0. The van der Waals surface area contributed by atoms with E-state index in [0.717, 1.165) is 25.7 Å². The molecule has 1 rings (SSSR count). The molecule has 0 fully saturated rings. The van der Waals surface area contributed by atoms with Gasteiger partial charge < -0.3 is 5.11 Å². The molecule has 0 amide bonds. The summed E-state index contributed by atoms with van der Waals surface area (Å²) in [6.07, 6.45) is 21.5. The molecular formula is C21H38O2. The van der Waals surface area contributed by atoms with Gasteiger partial charge in [0.2, 0.25) is 0 Å². The summed E-state index contributed by atoms with van der Waals surface area (Å²) in [5.74, 6) is 0.100. The van der Waals surface area contributed by atoms with Gasteiger partial charge in [-0.1, -0.05) is 76.9 Å². The fraction of sp³-hybridized carbons (Fsp3) is 0.857. The highest BCUT2D eigenvalue weighted by atomic mass is 16.3. The van der Waals surface area contributed by atoms with Crippen LogP contribution >= 0.6 is 0 Å². The third kappa shape index (κ3) is 10.7. The van der Waals surface area contributed by atoms with Crippen molar-refractivity contribution in [2.75, 3.05) is 0 Å². The van der Waals surface area contributed by atoms with Crippen LogP contribution in [0.15, 0.2) is 12.2 Å². The second-order valence-electron chi connectivity index (χ2n) is 7.33. The molecule has 0 aromatic rings. The Kier molecular flexibility index (Phi) is 12.2. The molecule has 0 saturated carbocycles. The first-order valence-corrected chi connectivity index (χ1v) is 10.1. The maximum absolute atomic E-state index is 12.2. The zero-order valence-corrected chi connectivity index (χ0v) is 15.3. The van der Waals surface area contributed by atoms with Crippen molar-refractivity contribution in [1.29, 1.82) is 0 Å². The van der Waals surface area contributed by atoms with Gasteiger partial charge in [0.1, 0.15) is 6.10 Å². The van der Waals surface area contributed by atoms with Crippen LogP contribution in [0.2, 0.25) is 0 Å². The molecule has 1 aliphatic carbocycles. The van der Waals surface area contributed by atoms with Crippen LogP contribution in [0.25, 0.3) is 0 Å². The second-order valence-corrected chi connectivity index (χ2v) is 7.33. The lowest BCUT2D eigenvalue weighted by molar-refractivity contribution is -0.131. The number of Topliss-reactive ketones (excluding diaryl/α,β-unsaturated/α-hetero) is 1. The largest absolute Gasteiger partial charge is 0.385 e. The highest BCUT2D eigenvalue weighted by molar-refractivity contribution is 5.84. The minimum Gasteiger partial charge on any atom is -0.385 e. The van der Waals surface area contributed by atoms with Gasteiger partial charge in [0.15, 0.2) is 5.78 Å². The van der Waals surface area contributed by atoms with Gasteiger partial charge in [-0.2, -0.15) is 0 Å². The summed E-state index contributed by atoms with van der Waals surface area (Å²) >= 11 is 0. The van der Waals surface area contributed by atoms with E-state index in [-0.39, 0.29) is 11.7 Å². The number of hydrogen-bond donors (Lipinski definition) is 1. The molecule has 1 aliphatic rings. The van der Waals surface area contributed by atoms with Crippen molar-refractivity contribution in [1.82, 2.24) is 0 Å². The highest BCUT2D eigenvalue weighted by Crippen LogP contribution is 2.17. The SMILES string of the molecule is CC1CCCCCCC/C=C/CCCCCCCCC(O)C1=O. The Labute approximate surface area is 143 Å². The summed E-state index contributed by atoms with van der Waals surface area (Å²) in [5.41, 5.74) is 0. The number of carbonyl (C=O) groups is 1. The maximum Gasteiger partial charge on any atom is 0.164 e. The van der Waals surface area contributed by atoms with Gasteiger partial charge in [0, 0.05) is 5.92 Å². The summed E-state index contributed by atoms with van der Waals surface area (Å²) in [6, 6.07) is 0. The summed E-state index contributed by atoms with van der Waals surface area (Å²) in [6.45, 7) is 1.99. The summed E-state index contributed by atoms with van der Waals surface area (Å²) in [4.78, 5) is 12.2. The lowest BCUT2D eigenvalue weighted by Gasteiger charge is -2.15. The predicted molar refractivity (Wildman–Crippen MR) is 98.6 cm³/mol. The summed E-state index contributed by atoms with van der Waals surface area (Å²) in [7, 11) is 0. The van der Waals surface area contributed by atoms with E-state index in [1.54, 1.807) is 0 Å². The van der Waals surface area contributed by atoms with Crippen molar-refractivity contribution in [2.45, 2.75) is 109 Å². The second kappa shape index (κ2) is 13.8. The van der Waals surface area contributed by atoms with Crippen LogP contribution in [0.5, 0.6) is 0 Å². The number of allylic oxidation sites excluding steroid dienone is 2. The van der Waals surface area contributed by atoms with Crippen LogP contribution < -0.4 is 0 Å². The Morgan fingerprint density at radius 2 is 1.17 bits per heavy atom. The third-order valence-corrected chi connectivity index (χ3v) is 5.09. The predicted octanol–water partition coefficient (Wildman–Crippen LogP) is 5.97. The summed E-state index contributed by atoms with van der Waals surface area (Å²) in [5, 5.41) is 10.1. The first-order valence-electron chi connectivity index (χ1n) is 10.1. The van der Waals surface area contributed by atoms with Crippen LogP contribution in [0, 0.1) is 5.92 Å². The van der Waals surface area contributed by atoms with Crippen LogP contribution in [-0.4, -0.2) is 17.0 Å². The standard InChI is InChI=1S/C21H38O2/c1-19-17-15-13-11-9-7-5-3-2-4-6-8-10-12-14-16-18-20(22)21(19)23/h2-3,19-20,22H,4-18H2,1H3/b3-2+. The van der Waals surface area contributed by atoms with Gasteiger partial charge in [0.05, 0.1) is 0 Å². The normalized spacial score (nSPS) is 29.7. The molecule has 2 nitrogen and oxygen atoms in total. The molecule has 134 valence electrons. The van der Waals surface area contributed by atoms with Gasteiger partial charge in [-0.3, -0.25) is 4.79 Å². The van der Waals surface area contributed by atoms with E-state index in [2.05, 4.69) is 12.2 Å². The molecule has 0 aromatic carbocycles. The van der Waals surface area contributed by atoms with Crippen molar-refractivity contribution < 1.29 is 9.90 Å². The van der Waals surface area contributed by atoms with Crippen LogP contribution in [0.3, 0.4) is 0 Å². The molecule has 0 radical (unpaired) electrons. The minimum absolute atomic E-state index is 0.0264. The third-order valence-electron chi connectivity index (χ3n) is 5.09. The molecule has 2 atom stereocenters. The molecule has 1 N–H and O–H groups in total. The van der Waals surface area contributed by atoms with E-state index in [0.29, 0.717) is 6.42 Å². The Morgan fingerprint density at radius 3 is 1.74 bits per heavy atom. The quantitative estimate of drug-likeness (QED) is 0.557. The van der Waals surface area contributed by atoms with E-state index in [1.807, 2.05) is 6.92 Å². The fourth-order valence-corrected chi connectivity index (χ4v) is 3.40. The van der Waals surface area contributed by atoms with Crippen molar-refractivity contribution >= 4 is 5.78 Å². The van der Waals surface area contributed by atoms with Crippen molar-refractivity contribution in [2.24, 2.45) is 5.92 Å². The van der Waals surface area contributed by atoms with Gasteiger partial charge >= 0.3 is 0 Å². The van der Waals surface area contributed by atoms with Gasteiger partial charge in [-0.25, -0.2) is 0 Å². The molecule has 23 heavy (non-hydrogen) atoms. The van der Waals surface area contributed by atoms with Crippen molar-refractivity contribution in [3.8, 4) is 0 Å². The zero-order valence-electron chi connectivity index (χ0n) is 15.3. The molecule has 0 aromatic heterocycles. The van der Waals surface area contributed by atoms with Crippen LogP contribution in [0.4, 0.5) is 0 Å². The number of ketones is 1.